The molecule has 1 aliphatic heterocycles. The summed E-state index contributed by atoms with van der Waals surface area (Å²) in [4.78, 5) is 18.4. The number of thiazole rings is 1. The molecule has 1 saturated heterocycles. The lowest BCUT2D eigenvalue weighted by molar-refractivity contribution is -0.123. The van der Waals surface area contributed by atoms with Crippen molar-refractivity contribution < 1.29 is 9.53 Å². The second-order valence-electron chi connectivity index (χ2n) is 5.84. The molecule has 1 unspecified atom stereocenters. The van der Waals surface area contributed by atoms with Crippen molar-refractivity contribution in [3.8, 4) is 17.0 Å². The summed E-state index contributed by atoms with van der Waals surface area (Å²) in [7, 11) is 1.66. The molecule has 1 aromatic heterocycles. The van der Waals surface area contributed by atoms with E-state index in [1.165, 1.54) is 0 Å². The number of likely N-dealkylation sites (tertiary alicyclic amines) is 1. The Morgan fingerprint density at radius 3 is 3.17 bits per heavy atom. The zero-order valence-corrected chi connectivity index (χ0v) is 14.0. The minimum absolute atomic E-state index is 0.0263. The van der Waals surface area contributed by atoms with E-state index < -0.39 is 0 Å². The van der Waals surface area contributed by atoms with Gasteiger partial charge >= 0.3 is 0 Å². The highest BCUT2D eigenvalue weighted by Crippen LogP contribution is 2.26. The molecule has 0 spiro atoms. The highest BCUT2D eigenvalue weighted by atomic mass is 32.1. The van der Waals surface area contributed by atoms with Crippen LogP contribution in [0.4, 0.5) is 0 Å². The number of ether oxygens (including phenoxy) is 1. The van der Waals surface area contributed by atoms with Gasteiger partial charge in [0.05, 0.1) is 25.3 Å². The summed E-state index contributed by atoms with van der Waals surface area (Å²) >= 11 is 1.65. The van der Waals surface area contributed by atoms with Gasteiger partial charge in [0.1, 0.15) is 10.8 Å². The van der Waals surface area contributed by atoms with Crippen LogP contribution in [0, 0.1) is 5.92 Å². The van der Waals surface area contributed by atoms with E-state index in [1.807, 2.05) is 24.3 Å². The normalized spacial score (nSPS) is 18.7. The Morgan fingerprint density at radius 1 is 1.52 bits per heavy atom. The Balaban J connectivity index is 1.68. The zero-order chi connectivity index (χ0) is 16.2. The van der Waals surface area contributed by atoms with Crippen molar-refractivity contribution in [1.29, 1.82) is 0 Å². The number of rotatable bonds is 5. The van der Waals surface area contributed by atoms with Crippen LogP contribution in [0.1, 0.15) is 17.8 Å². The predicted molar refractivity (Wildman–Crippen MR) is 91.3 cm³/mol. The van der Waals surface area contributed by atoms with Gasteiger partial charge in [0, 0.05) is 17.5 Å². The van der Waals surface area contributed by atoms with Crippen molar-refractivity contribution in [2.45, 2.75) is 19.4 Å². The standard InChI is InChI=1S/C17H21N3O2S/c1-22-14-6-2-4-12(8-14)15-11-23-16(19-15)10-20-7-3-5-13(9-20)17(18)21/h2,4,6,8,11,13H,3,5,7,9-10H2,1H3,(H2,18,21). The van der Waals surface area contributed by atoms with Gasteiger partial charge in [0.25, 0.3) is 0 Å². The van der Waals surface area contributed by atoms with Gasteiger partial charge in [-0.05, 0) is 31.5 Å². The molecule has 2 N–H and O–H groups in total. The number of amides is 1. The SMILES string of the molecule is COc1cccc(-c2csc(CN3CCCC(C(N)=O)C3)n2)c1. The molecule has 0 radical (unpaired) electrons. The monoisotopic (exact) mass is 331 g/mol. The van der Waals surface area contributed by atoms with Crippen molar-refractivity contribution in [3.63, 3.8) is 0 Å². The molecule has 0 bridgehead atoms. The summed E-state index contributed by atoms with van der Waals surface area (Å²) in [5.74, 6) is 0.616. The summed E-state index contributed by atoms with van der Waals surface area (Å²) in [6.45, 7) is 2.51. The van der Waals surface area contributed by atoms with Gasteiger partial charge in [-0.1, -0.05) is 12.1 Å². The number of aromatic nitrogens is 1. The number of carbonyl (C=O) groups is 1. The first-order valence-electron chi connectivity index (χ1n) is 7.76. The van der Waals surface area contributed by atoms with Crippen LogP contribution in [0.25, 0.3) is 11.3 Å². The number of piperidine rings is 1. The first-order chi connectivity index (χ1) is 11.2. The summed E-state index contributed by atoms with van der Waals surface area (Å²) in [5, 5.41) is 3.13. The van der Waals surface area contributed by atoms with E-state index in [9.17, 15) is 4.79 Å². The summed E-state index contributed by atoms with van der Waals surface area (Å²) in [6.07, 6.45) is 1.92. The molecule has 2 aromatic rings. The van der Waals surface area contributed by atoms with E-state index >= 15 is 0 Å². The number of benzene rings is 1. The van der Waals surface area contributed by atoms with E-state index in [0.717, 1.165) is 54.5 Å². The maximum atomic E-state index is 11.4. The maximum Gasteiger partial charge on any atom is 0.221 e. The lowest BCUT2D eigenvalue weighted by Crippen LogP contribution is -2.40. The van der Waals surface area contributed by atoms with E-state index in [-0.39, 0.29) is 11.8 Å². The Labute approximate surface area is 140 Å². The number of carbonyl (C=O) groups excluding carboxylic acids is 1. The molecule has 23 heavy (non-hydrogen) atoms. The molecule has 3 rings (SSSR count). The lowest BCUT2D eigenvalue weighted by atomic mass is 9.98. The third-order valence-electron chi connectivity index (χ3n) is 4.18. The number of hydrogen-bond acceptors (Lipinski definition) is 5. The largest absolute Gasteiger partial charge is 0.497 e. The Bertz CT molecular complexity index is 686. The fourth-order valence-electron chi connectivity index (χ4n) is 2.92. The average molecular weight is 331 g/mol. The summed E-state index contributed by atoms with van der Waals surface area (Å²) in [5.41, 5.74) is 7.46. The Morgan fingerprint density at radius 2 is 2.39 bits per heavy atom. The molecular weight excluding hydrogens is 310 g/mol. The fraction of sp³-hybridized carbons (Fsp3) is 0.412. The smallest absolute Gasteiger partial charge is 0.221 e. The lowest BCUT2D eigenvalue weighted by Gasteiger charge is -2.30. The van der Waals surface area contributed by atoms with Crippen molar-refractivity contribution in [3.05, 3.63) is 34.7 Å². The van der Waals surface area contributed by atoms with Gasteiger partial charge < -0.3 is 10.5 Å². The van der Waals surface area contributed by atoms with Crippen LogP contribution < -0.4 is 10.5 Å². The number of nitrogens with two attached hydrogens (primary N) is 1. The topological polar surface area (TPSA) is 68.5 Å². The quantitative estimate of drug-likeness (QED) is 0.914. The van der Waals surface area contributed by atoms with Crippen LogP contribution in [0.5, 0.6) is 5.75 Å². The highest BCUT2D eigenvalue weighted by molar-refractivity contribution is 7.09. The Kier molecular flexibility index (Phi) is 4.93. The van der Waals surface area contributed by atoms with E-state index in [4.69, 9.17) is 15.5 Å². The summed E-state index contributed by atoms with van der Waals surface area (Å²) < 4.78 is 5.26. The van der Waals surface area contributed by atoms with Crippen LogP contribution in [0.2, 0.25) is 0 Å². The molecule has 0 saturated carbocycles. The Hall–Kier alpha value is -1.92. The van der Waals surface area contributed by atoms with Gasteiger partial charge in [-0.15, -0.1) is 11.3 Å². The molecule has 0 aliphatic carbocycles. The molecule has 1 fully saturated rings. The second kappa shape index (κ2) is 7.10. The third kappa shape index (κ3) is 3.89. The maximum absolute atomic E-state index is 11.4. The zero-order valence-electron chi connectivity index (χ0n) is 13.2. The number of hydrogen-bond donors (Lipinski definition) is 1. The van der Waals surface area contributed by atoms with Crippen LogP contribution >= 0.6 is 11.3 Å². The first kappa shape index (κ1) is 16.0. The summed E-state index contributed by atoms with van der Waals surface area (Å²) in [6, 6.07) is 7.91. The number of methoxy groups -OCH3 is 1. The molecule has 1 amide bonds. The molecule has 6 heteroatoms. The number of nitrogens with zero attached hydrogens (tertiary/aromatic N) is 2. The van der Waals surface area contributed by atoms with Crippen LogP contribution in [0.15, 0.2) is 29.6 Å². The molecule has 1 atom stereocenters. The minimum Gasteiger partial charge on any atom is -0.497 e. The first-order valence-corrected chi connectivity index (χ1v) is 8.64. The van der Waals surface area contributed by atoms with Gasteiger partial charge in [0.2, 0.25) is 5.91 Å². The van der Waals surface area contributed by atoms with E-state index in [0.29, 0.717) is 0 Å². The van der Waals surface area contributed by atoms with Crippen molar-refractivity contribution in [2.24, 2.45) is 11.7 Å². The van der Waals surface area contributed by atoms with E-state index in [1.54, 1.807) is 18.4 Å². The molecule has 2 heterocycles. The van der Waals surface area contributed by atoms with Gasteiger partial charge in [-0.25, -0.2) is 4.98 Å². The molecule has 1 aliphatic rings. The molecule has 5 nitrogen and oxygen atoms in total. The van der Waals surface area contributed by atoms with Crippen molar-refractivity contribution in [2.75, 3.05) is 20.2 Å². The molecular formula is C17H21N3O2S. The minimum atomic E-state index is -0.189. The molecule has 1 aromatic carbocycles. The van der Waals surface area contributed by atoms with Crippen LogP contribution in [-0.2, 0) is 11.3 Å². The number of primary amides is 1. The van der Waals surface area contributed by atoms with Crippen molar-refractivity contribution >= 4 is 17.2 Å². The predicted octanol–water partition coefficient (Wildman–Crippen LogP) is 2.52. The van der Waals surface area contributed by atoms with E-state index in [2.05, 4.69) is 10.3 Å². The average Bonchev–Trinajstić information content (AvgIpc) is 3.03. The van der Waals surface area contributed by atoms with Gasteiger partial charge in [0.15, 0.2) is 0 Å². The highest BCUT2D eigenvalue weighted by Gasteiger charge is 2.24. The third-order valence-corrected chi connectivity index (χ3v) is 5.02. The molecule has 122 valence electrons. The second-order valence-corrected chi connectivity index (χ2v) is 6.78. The van der Waals surface area contributed by atoms with Crippen molar-refractivity contribution in [1.82, 2.24) is 9.88 Å². The van der Waals surface area contributed by atoms with Crippen LogP contribution in [-0.4, -0.2) is 36.0 Å². The van der Waals surface area contributed by atoms with Crippen LogP contribution in [0.3, 0.4) is 0 Å². The fourth-order valence-corrected chi connectivity index (χ4v) is 3.77. The van der Waals surface area contributed by atoms with Gasteiger partial charge in [-0.3, -0.25) is 9.69 Å². The van der Waals surface area contributed by atoms with Gasteiger partial charge in [-0.2, -0.15) is 0 Å².